The molecular formula is C27H30BrNO3. The predicted octanol–water partition coefficient (Wildman–Crippen LogP) is 7.42. The number of carbonyl (C=O) groups excluding carboxylic acids is 1. The van der Waals surface area contributed by atoms with Gasteiger partial charge >= 0.3 is 0 Å². The minimum atomic E-state index is -0.0328. The first-order valence-electron chi connectivity index (χ1n) is 11.3. The maximum atomic E-state index is 12.8. The molecule has 0 spiro atoms. The molecule has 1 aromatic heterocycles. The minimum absolute atomic E-state index is 0.0328. The normalized spacial score (nSPS) is 15.6. The van der Waals surface area contributed by atoms with E-state index in [0.717, 1.165) is 61.9 Å². The zero-order chi connectivity index (χ0) is 22.7. The van der Waals surface area contributed by atoms with E-state index in [-0.39, 0.29) is 11.9 Å². The summed E-state index contributed by atoms with van der Waals surface area (Å²) in [7, 11) is 1.66. The Morgan fingerprint density at radius 3 is 2.50 bits per heavy atom. The number of fused-ring (bicyclic) bond motifs is 1. The fourth-order valence-electron chi connectivity index (χ4n) is 4.67. The van der Waals surface area contributed by atoms with E-state index in [0.29, 0.717) is 0 Å². The molecule has 4 rings (SSSR count). The molecule has 4 nitrogen and oxygen atoms in total. The van der Waals surface area contributed by atoms with Crippen LogP contribution in [0.5, 0.6) is 5.75 Å². The van der Waals surface area contributed by atoms with Gasteiger partial charge in [-0.25, -0.2) is 0 Å². The molecule has 1 fully saturated rings. The van der Waals surface area contributed by atoms with E-state index >= 15 is 0 Å². The van der Waals surface area contributed by atoms with Crippen molar-refractivity contribution in [1.29, 1.82) is 0 Å². The van der Waals surface area contributed by atoms with Gasteiger partial charge in [-0.15, -0.1) is 0 Å². The Hall–Kier alpha value is -2.53. The SMILES string of the molecule is COc1c(/C(C)=C/C(=O)NC2CCCCCC2)cc2c(-c3ccc(Br)cc3)coc2c1C. The molecule has 168 valence electrons. The molecule has 1 aliphatic rings. The number of hydrogen-bond acceptors (Lipinski definition) is 3. The number of nitrogens with one attached hydrogen (secondary N) is 1. The van der Waals surface area contributed by atoms with Crippen molar-refractivity contribution in [2.75, 3.05) is 7.11 Å². The summed E-state index contributed by atoms with van der Waals surface area (Å²) in [4.78, 5) is 12.8. The molecular weight excluding hydrogens is 466 g/mol. The van der Waals surface area contributed by atoms with Gasteiger partial charge in [-0.2, -0.15) is 0 Å². The van der Waals surface area contributed by atoms with Crippen LogP contribution < -0.4 is 10.1 Å². The number of rotatable bonds is 5. The zero-order valence-electron chi connectivity index (χ0n) is 19.0. The van der Waals surface area contributed by atoms with Crippen molar-refractivity contribution in [3.8, 4) is 16.9 Å². The van der Waals surface area contributed by atoms with Crippen LogP contribution in [-0.4, -0.2) is 19.1 Å². The maximum absolute atomic E-state index is 12.8. The van der Waals surface area contributed by atoms with Crippen molar-refractivity contribution in [3.05, 3.63) is 58.3 Å². The van der Waals surface area contributed by atoms with Crippen molar-refractivity contribution < 1.29 is 13.9 Å². The Morgan fingerprint density at radius 2 is 1.84 bits per heavy atom. The molecule has 2 aromatic carbocycles. The van der Waals surface area contributed by atoms with Crippen LogP contribution in [0.1, 0.15) is 56.6 Å². The number of hydrogen-bond donors (Lipinski definition) is 1. The summed E-state index contributed by atoms with van der Waals surface area (Å²) in [6, 6.07) is 10.5. The summed E-state index contributed by atoms with van der Waals surface area (Å²) < 4.78 is 12.7. The van der Waals surface area contributed by atoms with Gasteiger partial charge in [0, 0.05) is 38.7 Å². The highest BCUT2D eigenvalue weighted by Crippen LogP contribution is 2.40. The first kappa shape index (κ1) is 22.7. The second kappa shape index (κ2) is 9.95. The van der Waals surface area contributed by atoms with Crippen LogP contribution in [0, 0.1) is 6.92 Å². The van der Waals surface area contributed by atoms with Gasteiger partial charge < -0.3 is 14.5 Å². The Morgan fingerprint density at radius 1 is 1.16 bits per heavy atom. The molecule has 1 amide bonds. The largest absolute Gasteiger partial charge is 0.496 e. The van der Waals surface area contributed by atoms with E-state index in [4.69, 9.17) is 9.15 Å². The van der Waals surface area contributed by atoms with Crippen molar-refractivity contribution in [2.45, 2.75) is 58.4 Å². The molecule has 0 aliphatic heterocycles. The van der Waals surface area contributed by atoms with Crippen molar-refractivity contribution in [3.63, 3.8) is 0 Å². The Labute approximate surface area is 198 Å². The highest BCUT2D eigenvalue weighted by molar-refractivity contribution is 9.10. The number of allylic oxidation sites excluding steroid dienone is 1. The summed E-state index contributed by atoms with van der Waals surface area (Å²) in [6.07, 6.45) is 10.5. The first-order chi connectivity index (χ1) is 15.5. The molecule has 1 N–H and O–H groups in total. The first-order valence-corrected chi connectivity index (χ1v) is 12.1. The average Bonchev–Trinajstić information content (AvgIpc) is 3.04. The maximum Gasteiger partial charge on any atom is 0.244 e. The van der Waals surface area contributed by atoms with Gasteiger partial charge in [0.05, 0.1) is 13.4 Å². The fraction of sp³-hybridized carbons (Fsp3) is 0.370. The van der Waals surface area contributed by atoms with Gasteiger partial charge in [-0.1, -0.05) is 53.7 Å². The van der Waals surface area contributed by atoms with Crippen LogP contribution >= 0.6 is 15.9 Å². The van der Waals surface area contributed by atoms with E-state index < -0.39 is 0 Å². The number of methoxy groups -OCH3 is 1. The fourth-order valence-corrected chi connectivity index (χ4v) is 4.93. The average molecular weight is 496 g/mol. The predicted molar refractivity (Wildman–Crippen MR) is 134 cm³/mol. The van der Waals surface area contributed by atoms with E-state index in [1.165, 1.54) is 25.7 Å². The standard InChI is InChI=1S/C27H30BrNO3/c1-17(14-25(30)29-21-8-6-4-5-7-9-21)22-15-23-24(19-10-12-20(28)13-11-19)16-32-27(23)18(2)26(22)31-3/h10-16,21H,4-9H2,1-3H3,(H,29,30)/b17-14+. The summed E-state index contributed by atoms with van der Waals surface area (Å²) in [5.41, 5.74) is 5.62. The molecule has 1 heterocycles. The summed E-state index contributed by atoms with van der Waals surface area (Å²) in [6.45, 7) is 3.97. The lowest BCUT2D eigenvalue weighted by molar-refractivity contribution is -0.117. The monoisotopic (exact) mass is 495 g/mol. The molecule has 0 unspecified atom stereocenters. The minimum Gasteiger partial charge on any atom is -0.496 e. The van der Waals surface area contributed by atoms with Crippen molar-refractivity contribution in [2.24, 2.45) is 0 Å². The number of furan rings is 1. The topological polar surface area (TPSA) is 51.5 Å². The van der Waals surface area contributed by atoms with Crippen LogP contribution in [0.4, 0.5) is 0 Å². The Balaban J connectivity index is 1.70. The second-order valence-electron chi connectivity index (χ2n) is 8.64. The van der Waals surface area contributed by atoms with E-state index in [9.17, 15) is 4.79 Å². The molecule has 3 aromatic rings. The third-order valence-corrected chi connectivity index (χ3v) is 6.91. The van der Waals surface area contributed by atoms with Gasteiger partial charge in [0.1, 0.15) is 11.3 Å². The highest BCUT2D eigenvalue weighted by Gasteiger charge is 2.19. The van der Waals surface area contributed by atoms with E-state index in [1.54, 1.807) is 19.4 Å². The third-order valence-electron chi connectivity index (χ3n) is 6.38. The lowest BCUT2D eigenvalue weighted by Gasteiger charge is -2.16. The Kier molecular flexibility index (Phi) is 7.04. The number of aryl methyl sites for hydroxylation is 1. The van der Waals surface area contributed by atoms with Gasteiger partial charge in [0.15, 0.2) is 0 Å². The summed E-state index contributed by atoms with van der Waals surface area (Å²) >= 11 is 3.50. The van der Waals surface area contributed by atoms with Crippen LogP contribution in [0.25, 0.3) is 27.7 Å². The number of amides is 1. The van der Waals surface area contributed by atoms with E-state index in [2.05, 4.69) is 39.4 Å². The molecule has 32 heavy (non-hydrogen) atoms. The van der Waals surface area contributed by atoms with Crippen LogP contribution in [0.2, 0.25) is 0 Å². The van der Waals surface area contributed by atoms with Crippen LogP contribution in [-0.2, 0) is 4.79 Å². The van der Waals surface area contributed by atoms with Gasteiger partial charge in [0.25, 0.3) is 0 Å². The molecule has 5 heteroatoms. The number of benzene rings is 2. The van der Waals surface area contributed by atoms with Crippen molar-refractivity contribution >= 4 is 38.4 Å². The number of ether oxygens (including phenoxy) is 1. The Bertz CT molecular complexity index is 1140. The highest BCUT2D eigenvalue weighted by atomic mass is 79.9. The van der Waals surface area contributed by atoms with Crippen molar-refractivity contribution in [1.82, 2.24) is 5.32 Å². The molecule has 0 atom stereocenters. The molecule has 1 aliphatic carbocycles. The number of carbonyl (C=O) groups is 1. The van der Waals surface area contributed by atoms with Gasteiger partial charge in [-0.3, -0.25) is 4.79 Å². The summed E-state index contributed by atoms with van der Waals surface area (Å²) in [5.74, 6) is 0.708. The smallest absolute Gasteiger partial charge is 0.244 e. The quantitative estimate of drug-likeness (QED) is 0.295. The summed E-state index contributed by atoms with van der Waals surface area (Å²) in [5, 5.41) is 4.22. The molecule has 1 saturated carbocycles. The zero-order valence-corrected chi connectivity index (χ0v) is 20.6. The van der Waals surface area contributed by atoms with Gasteiger partial charge in [-0.05, 0) is 56.0 Å². The third kappa shape index (κ3) is 4.78. The van der Waals surface area contributed by atoms with E-state index in [1.807, 2.05) is 26.0 Å². The lowest BCUT2D eigenvalue weighted by Crippen LogP contribution is -2.33. The van der Waals surface area contributed by atoms with Crippen LogP contribution in [0.3, 0.4) is 0 Å². The van der Waals surface area contributed by atoms with Crippen LogP contribution in [0.15, 0.2) is 51.6 Å². The lowest BCUT2D eigenvalue weighted by atomic mass is 9.96. The van der Waals surface area contributed by atoms with Gasteiger partial charge in [0.2, 0.25) is 5.91 Å². The molecule has 0 radical (unpaired) electrons. The number of halogens is 1. The molecule has 0 bridgehead atoms. The second-order valence-corrected chi connectivity index (χ2v) is 9.56. The molecule has 0 saturated heterocycles.